The molecule has 2 amide bonds. The molecule has 1 rings (SSSR count). The second kappa shape index (κ2) is 5.69. The number of carbonyl (C=O) groups excluding carboxylic acids is 1. The molecule has 0 saturated carbocycles. The summed E-state index contributed by atoms with van der Waals surface area (Å²) in [5, 5.41) is 11.6. The Bertz CT molecular complexity index is 270. The summed E-state index contributed by atoms with van der Waals surface area (Å²) in [6, 6.07) is -0.283. The molecule has 0 aliphatic carbocycles. The maximum Gasteiger partial charge on any atom is 0.317 e. The van der Waals surface area contributed by atoms with Gasteiger partial charge in [-0.3, -0.25) is 4.79 Å². The number of methoxy groups -OCH3 is 1. The van der Waals surface area contributed by atoms with Crippen molar-refractivity contribution in [1.29, 1.82) is 0 Å². The molecule has 0 spiro atoms. The van der Waals surface area contributed by atoms with Gasteiger partial charge in [-0.25, -0.2) is 4.79 Å². The Kier molecular flexibility index (Phi) is 4.54. The number of hydrogen-bond donors (Lipinski definition) is 2. The van der Waals surface area contributed by atoms with Crippen molar-refractivity contribution in [2.45, 2.75) is 19.4 Å². The highest BCUT2D eigenvalue weighted by molar-refractivity contribution is 5.77. The Balaban J connectivity index is 2.36. The van der Waals surface area contributed by atoms with Gasteiger partial charge in [-0.1, -0.05) is 0 Å². The first-order valence-electron chi connectivity index (χ1n) is 5.31. The third-order valence-electron chi connectivity index (χ3n) is 2.61. The topological polar surface area (TPSA) is 78.9 Å². The van der Waals surface area contributed by atoms with E-state index in [0.29, 0.717) is 26.1 Å². The summed E-state index contributed by atoms with van der Waals surface area (Å²) in [4.78, 5) is 23.9. The summed E-state index contributed by atoms with van der Waals surface area (Å²) in [6.07, 6.45) is 0.529. The lowest BCUT2D eigenvalue weighted by Gasteiger charge is -2.20. The van der Waals surface area contributed by atoms with Crippen LogP contribution in [0.2, 0.25) is 0 Å². The zero-order valence-corrected chi connectivity index (χ0v) is 9.60. The van der Waals surface area contributed by atoms with Crippen LogP contribution in [0.1, 0.15) is 13.3 Å². The van der Waals surface area contributed by atoms with E-state index in [1.807, 2.05) is 6.92 Å². The zero-order valence-electron chi connectivity index (χ0n) is 9.60. The quantitative estimate of drug-likeness (QED) is 0.720. The van der Waals surface area contributed by atoms with Crippen molar-refractivity contribution in [3.8, 4) is 0 Å². The van der Waals surface area contributed by atoms with Crippen LogP contribution in [0.5, 0.6) is 0 Å². The fraction of sp³-hybridized carbons (Fsp3) is 0.800. The lowest BCUT2D eigenvalue weighted by Crippen LogP contribution is -2.44. The van der Waals surface area contributed by atoms with Crippen LogP contribution in [-0.2, 0) is 9.53 Å². The molecule has 2 atom stereocenters. The molecule has 0 radical (unpaired) electrons. The van der Waals surface area contributed by atoms with Crippen LogP contribution in [0.3, 0.4) is 0 Å². The number of hydrogen-bond acceptors (Lipinski definition) is 3. The van der Waals surface area contributed by atoms with Gasteiger partial charge >= 0.3 is 12.0 Å². The molecule has 6 nitrogen and oxygen atoms in total. The summed E-state index contributed by atoms with van der Waals surface area (Å²) in [7, 11) is 1.57. The monoisotopic (exact) mass is 230 g/mol. The first-order valence-corrected chi connectivity index (χ1v) is 5.31. The van der Waals surface area contributed by atoms with Crippen molar-refractivity contribution in [2.24, 2.45) is 5.92 Å². The van der Waals surface area contributed by atoms with Gasteiger partial charge in [-0.15, -0.1) is 0 Å². The van der Waals surface area contributed by atoms with Crippen LogP contribution < -0.4 is 5.32 Å². The van der Waals surface area contributed by atoms with Crippen molar-refractivity contribution in [3.05, 3.63) is 0 Å². The van der Waals surface area contributed by atoms with Gasteiger partial charge in [-0.05, 0) is 13.3 Å². The average molecular weight is 230 g/mol. The van der Waals surface area contributed by atoms with Crippen LogP contribution >= 0.6 is 0 Å². The fourth-order valence-corrected chi connectivity index (χ4v) is 1.74. The van der Waals surface area contributed by atoms with Crippen LogP contribution in [-0.4, -0.2) is 54.9 Å². The first-order chi connectivity index (χ1) is 7.54. The average Bonchev–Trinajstić information content (AvgIpc) is 2.66. The number of ether oxygens (including phenoxy) is 1. The van der Waals surface area contributed by atoms with E-state index < -0.39 is 11.9 Å². The fourth-order valence-electron chi connectivity index (χ4n) is 1.74. The van der Waals surface area contributed by atoms with Crippen molar-refractivity contribution < 1.29 is 19.4 Å². The minimum Gasteiger partial charge on any atom is -0.481 e. The maximum atomic E-state index is 11.7. The molecule has 0 aromatic carbocycles. The van der Waals surface area contributed by atoms with Crippen molar-refractivity contribution in [1.82, 2.24) is 10.2 Å². The number of carboxylic acids is 1. The molecule has 1 aliphatic heterocycles. The van der Waals surface area contributed by atoms with Gasteiger partial charge in [0.25, 0.3) is 0 Å². The Morgan fingerprint density at radius 2 is 2.31 bits per heavy atom. The third kappa shape index (κ3) is 3.37. The molecule has 2 N–H and O–H groups in total. The zero-order chi connectivity index (χ0) is 12.1. The van der Waals surface area contributed by atoms with E-state index in [1.54, 1.807) is 7.11 Å². The summed E-state index contributed by atoms with van der Waals surface area (Å²) in [6.45, 7) is 3.08. The predicted molar refractivity (Wildman–Crippen MR) is 57.2 cm³/mol. The van der Waals surface area contributed by atoms with E-state index in [9.17, 15) is 9.59 Å². The normalized spacial score (nSPS) is 21.9. The molecular formula is C10H18N2O4. The third-order valence-corrected chi connectivity index (χ3v) is 2.61. The molecule has 0 bridgehead atoms. The summed E-state index contributed by atoms with van der Waals surface area (Å²) in [5.41, 5.74) is 0. The van der Waals surface area contributed by atoms with E-state index in [-0.39, 0.29) is 12.1 Å². The number of carbonyl (C=O) groups is 2. The highest BCUT2D eigenvalue weighted by Crippen LogP contribution is 2.16. The molecule has 16 heavy (non-hydrogen) atoms. The second-order valence-electron chi connectivity index (χ2n) is 4.08. The maximum absolute atomic E-state index is 11.7. The van der Waals surface area contributed by atoms with Crippen molar-refractivity contribution in [2.75, 3.05) is 26.8 Å². The molecule has 2 unspecified atom stereocenters. The Labute approximate surface area is 94.6 Å². The lowest BCUT2D eigenvalue weighted by atomic mass is 10.1. The number of urea groups is 1. The standard InChI is InChI=1S/C10H18N2O4/c1-7(6-16-2)11-10(15)12-4-3-8(5-12)9(13)14/h7-8H,3-6H2,1-2H3,(H,11,15)(H,13,14). The van der Waals surface area contributed by atoms with E-state index >= 15 is 0 Å². The second-order valence-corrected chi connectivity index (χ2v) is 4.08. The van der Waals surface area contributed by atoms with Crippen molar-refractivity contribution in [3.63, 3.8) is 0 Å². The molecule has 6 heteroatoms. The molecule has 92 valence electrons. The first kappa shape index (κ1) is 12.8. The number of rotatable bonds is 4. The van der Waals surface area contributed by atoms with Gasteiger partial charge in [0.15, 0.2) is 0 Å². The van der Waals surface area contributed by atoms with Gasteiger partial charge in [-0.2, -0.15) is 0 Å². The number of aliphatic carboxylic acids is 1. The van der Waals surface area contributed by atoms with Crippen LogP contribution in [0.25, 0.3) is 0 Å². The number of nitrogens with one attached hydrogen (secondary N) is 1. The highest BCUT2D eigenvalue weighted by Gasteiger charge is 2.31. The molecule has 1 heterocycles. The Morgan fingerprint density at radius 1 is 1.62 bits per heavy atom. The van der Waals surface area contributed by atoms with E-state index in [2.05, 4.69) is 5.32 Å². The molecule has 1 saturated heterocycles. The predicted octanol–water partition coefficient (Wildman–Crippen LogP) is 0.137. The minimum atomic E-state index is -0.833. The number of amides is 2. The van der Waals surface area contributed by atoms with Gasteiger partial charge in [0.05, 0.1) is 18.6 Å². The number of likely N-dealkylation sites (tertiary alicyclic amines) is 1. The molecule has 1 fully saturated rings. The van der Waals surface area contributed by atoms with Gasteiger partial charge < -0.3 is 20.1 Å². The lowest BCUT2D eigenvalue weighted by molar-refractivity contribution is -0.141. The van der Waals surface area contributed by atoms with Gasteiger partial charge in [0, 0.05) is 20.2 Å². The van der Waals surface area contributed by atoms with Crippen LogP contribution in [0, 0.1) is 5.92 Å². The largest absolute Gasteiger partial charge is 0.481 e. The number of nitrogens with zero attached hydrogens (tertiary/aromatic N) is 1. The van der Waals surface area contributed by atoms with E-state index in [1.165, 1.54) is 4.90 Å². The molecule has 0 aromatic heterocycles. The molecule has 0 aromatic rings. The smallest absolute Gasteiger partial charge is 0.317 e. The van der Waals surface area contributed by atoms with E-state index in [4.69, 9.17) is 9.84 Å². The summed E-state index contributed by atoms with van der Waals surface area (Å²) >= 11 is 0. The van der Waals surface area contributed by atoms with E-state index in [0.717, 1.165) is 0 Å². The highest BCUT2D eigenvalue weighted by atomic mass is 16.5. The molecule has 1 aliphatic rings. The SMILES string of the molecule is COCC(C)NC(=O)N1CCC(C(=O)O)C1. The summed E-state index contributed by atoms with van der Waals surface area (Å²) in [5.74, 6) is -1.26. The Morgan fingerprint density at radius 3 is 2.81 bits per heavy atom. The molecular weight excluding hydrogens is 212 g/mol. The summed E-state index contributed by atoms with van der Waals surface area (Å²) < 4.78 is 4.90. The van der Waals surface area contributed by atoms with Crippen LogP contribution in [0.15, 0.2) is 0 Å². The van der Waals surface area contributed by atoms with Gasteiger partial charge in [0.2, 0.25) is 0 Å². The van der Waals surface area contributed by atoms with Crippen molar-refractivity contribution >= 4 is 12.0 Å². The number of carboxylic acid groups (broad SMARTS) is 1. The Hall–Kier alpha value is -1.30. The minimum absolute atomic E-state index is 0.0682. The van der Waals surface area contributed by atoms with Crippen LogP contribution in [0.4, 0.5) is 4.79 Å². The van der Waals surface area contributed by atoms with Gasteiger partial charge in [0.1, 0.15) is 0 Å².